The molecule has 4 rings (SSSR count). The van der Waals surface area contributed by atoms with Crippen molar-refractivity contribution in [2.75, 3.05) is 24.6 Å². The average molecular weight is 357 g/mol. The van der Waals surface area contributed by atoms with Crippen LogP contribution in [0.2, 0.25) is 0 Å². The van der Waals surface area contributed by atoms with Gasteiger partial charge in [-0.2, -0.15) is 0 Å². The van der Waals surface area contributed by atoms with E-state index in [0.717, 1.165) is 32.4 Å². The van der Waals surface area contributed by atoms with Gasteiger partial charge in [-0.15, -0.1) is 0 Å². The number of carbonyl (C=O) groups excluding carboxylic acids is 1. The second-order valence-electron chi connectivity index (χ2n) is 8.18. The van der Waals surface area contributed by atoms with Gasteiger partial charge in [0.1, 0.15) is 0 Å². The normalized spacial score (nSPS) is 32.2. The maximum Gasteiger partial charge on any atom is 0.313 e. The van der Waals surface area contributed by atoms with Crippen molar-refractivity contribution in [2.45, 2.75) is 70.5 Å². The summed E-state index contributed by atoms with van der Waals surface area (Å²) in [5.41, 5.74) is 1.08. The van der Waals surface area contributed by atoms with Crippen molar-refractivity contribution < 1.29 is 9.53 Å². The zero-order chi connectivity index (χ0) is 18.1. The van der Waals surface area contributed by atoms with Gasteiger partial charge in [-0.25, -0.2) is 0 Å². The van der Waals surface area contributed by atoms with E-state index in [1.807, 2.05) is 6.92 Å². The van der Waals surface area contributed by atoms with Crippen LogP contribution in [0.4, 0.5) is 5.69 Å². The van der Waals surface area contributed by atoms with Gasteiger partial charge in [-0.05, 0) is 57.6 Å². The molecule has 3 fully saturated rings. The molecule has 142 valence electrons. The Balaban J connectivity index is 1.45. The van der Waals surface area contributed by atoms with E-state index in [1.165, 1.54) is 24.9 Å². The average Bonchev–Trinajstić information content (AvgIpc) is 3.25. The second-order valence-corrected chi connectivity index (χ2v) is 8.18. The minimum atomic E-state index is -0.254. The Morgan fingerprint density at radius 2 is 1.81 bits per heavy atom. The Hall–Kier alpha value is -1.55. The molecule has 0 spiro atoms. The predicted molar refractivity (Wildman–Crippen MR) is 104 cm³/mol. The number of fused-ring (bicyclic) bond motifs is 2. The number of esters is 1. The highest BCUT2D eigenvalue weighted by Gasteiger charge is 2.60. The van der Waals surface area contributed by atoms with Crippen LogP contribution in [0.25, 0.3) is 0 Å². The third-order valence-electron chi connectivity index (χ3n) is 7.11. The summed E-state index contributed by atoms with van der Waals surface area (Å²) in [6.07, 6.45) is 6.73. The molecular weight excluding hydrogens is 324 g/mol. The smallest absolute Gasteiger partial charge is 0.313 e. The number of nitrogens with zero attached hydrogens (tertiary/aromatic N) is 2. The third-order valence-corrected chi connectivity index (χ3v) is 7.11. The van der Waals surface area contributed by atoms with E-state index in [4.69, 9.17) is 4.74 Å². The molecule has 3 heterocycles. The molecule has 4 heteroatoms. The number of benzene rings is 1. The van der Waals surface area contributed by atoms with Crippen LogP contribution in [0, 0.1) is 5.41 Å². The molecule has 2 bridgehead atoms. The van der Waals surface area contributed by atoms with Crippen LogP contribution in [0.5, 0.6) is 0 Å². The summed E-state index contributed by atoms with van der Waals surface area (Å²) in [6, 6.07) is 12.3. The maximum atomic E-state index is 12.8. The number of ether oxygens (including phenoxy) is 1. The Morgan fingerprint density at radius 3 is 2.46 bits per heavy atom. The van der Waals surface area contributed by atoms with E-state index >= 15 is 0 Å². The Bertz CT molecular complexity index is 626. The Morgan fingerprint density at radius 1 is 1.08 bits per heavy atom. The first-order valence-electron chi connectivity index (χ1n) is 10.4. The molecule has 0 amide bonds. The molecule has 3 saturated heterocycles. The standard InChI is InChI=1S/C22H32N2O2/c1-3-22(21(25)26-4-2)16-19-10-11-20(22)24(19)18-12-14-23(15-13-18)17-8-6-5-7-9-17/h5-9,18-20H,3-4,10-16H2,1-2H3/t19-,20+,22+/m1/s1. The van der Waals surface area contributed by atoms with Crippen LogP contribution < -0.4 is 4.90 Å². The number of hydrogen-bond donors (Lipinski definition) is 0. The summed E-state index contributed by atoms with van der Waals surface area (Å²) < 4.78 is 5.51. The van der Waals surface area contributed by atoms with Gasteiger partial charge >= 0.3 is 5.97 Å². The largest absolute Gasteiger partial charge is 0.466 e. The highest BCUT2D eigenvalue weighted by molar-refractivity contribution is 5.78. The van der Waals surface area contributed by atoms with E-state index in [0.29, 0.717) is 24.7 Å². The van der Waals surface area contributed by atoms with E-state index < -0.39 is 0 Å². The van der Waals surface area contributed by atoms with Gasteiger partial charge in [0.2, 0.25) is 0 Å². The zero-order valence-electron chi connectivity index (χ0n) is 16.2. The van der Waals surface area contributed by atoms with Crippen molar-refractivity contribution in [1.29, 1.82) is 0 Å². The molecule has 3 atom stereocenters. The Labute approximate surface area is 157 Å². The SMILES string of the molecule is CCOC(=O)[C@@]1(CC)C[C@H]2CC[C@@H]1N2C1CCN(c2ccccc2)CC1. The number of carbonyl (C=O) groups is 1. The molecule has 26 heavy (non-hydrogen) atoms. The van der Waals surface area contributed by atoms with Crippen LogP contribution in [0.3, 0.4) is 0 Å². The molecule has 3 aliphatic rings. The summed E-state index contributed by atoms with van der Waals surface area (Å²) in [5, 5.41) is 0. The van der Waals surface area contributed by atoms with Crippen molar-refractivity contribution in [1.82, 2.24) is 4.90 Å². The van der Waals surface area contributed by atoms with Gasteiger partial charge in [-0.3, -0.25) is 9.69 Å². The minimum Gasteiger partial charge on any atom is -0.466 e. The molecule has 0 radical (unpaired) electrons. The number of anilines is 1. The zero-order valence-corrected chi connectivity index (χ0v) is 16.2. The molecule has 1 aromatic carbocycles. The molecule has 0 aromatic heterocycles. The Kier molecular flexibility index (Phi) is 4.96. The quantitative estimate of drug-likeness (QED) is 0.750. The predicted octanol–water partition coefficient (Wildman–Crippen LogP) is 3.85. The van der Waals surface area contributed by atoms with Crippen LogP contribution in [-0.4, -0.2) is 48.7 Å². The molecule has 4 nitrogen and oxygen atoms in total. The van der Waals surface area contributed by atoms with Crippen LogP contribution in [-0.2, 0) is 9.53 Å². The van der Waals surface area contributed by atoms with Crippen LogP contribution >= 0.6 is 0 Å². The van der Waals surface area contributed by atoms with Crippen molar-refractivity contribution in [2.24, 2.45) is 5.41 Å². The fraction of sp³-hybridized carbons (Fsp3) is 0.682. The summed E-state index contributed by atoms with van der Waals surface area (Å²) in [7, 11) is 0. The van der Waals surface area contributed by atoms with Gasteiger partial charge in [0.15, 0.2) is 0 Å². The summed E-state index contributed by atoms with van der Waals surface area (Å²) in [4.78, 5) is 18.0. The first kappa shape index (κ1) is 17.8. The summed E-state index contributed by atoms with van der Waals surface area (Å²) in [6.45, 7) is 6.82. The van der Waals surface area contributed by atoms with Crippen LogP contribution in [0.1, 0.15) is 52.4 Å². The second kappa shape index (κ2) is 7.22. The highest BCUT2D eigenvalue weighted by Crippen LogP contribution is 2.54. The monoisotopic (exact) mass is 356 g/mol. The number of para-hydroxylation sites is 1. The lowest BCUT2D eigenvalue weighted by molar-refractivity contribution is -0.158. The number of rotatable bonds is 5. The topological polar surface area (TPSA) is 32.8 Å². The van der Waals surface area contributed by atoms with Gasteiger partial charge in [0.05, 0.1) is 12.0 Å². The highest BCUT2D eigenvalue weighted by atomic mass is 16.5. The number of piperidine rings is 1. The molecule has 0 unspecified atom stereocenters. The van der Waals surface area contributed by atoms with Crippen molar-refractivity contribution in [3.8, 4) is 0 Å². The van der Waals surface area contributed by atoms with Gasteiger partial charge < -0.3 is 9.64 Å². The molecule has 3 aliphatic heterocycles. The van der Waals surface area contributed by atoms with Gasteiger partial charge in [0, 0.05) is 36.9 Å². The molecule has 0 N–H and O–H groups in total. The summed E-state index contributed by atoms with van der Waals surface area (Å²) >= 11 is 0. The van der Waals surface area contributed by atoms with Gasteiger partial charge in [-0.1, -0.05) is 25.1 Å². The lowest BCUT2D eigenvalue weighted by atomic mass is 9.72. The van der Waals surface area contributed by atoms with E-state index in [-0.39, 0.29) is 11.4 Å². The molecular formula is C22H32N2O2. The summed E-state index contributed by atoms with van der Waals surface area (Å²) in [5.74, 6) is 0.0569. The fourth-order valence-electron chi connectivity index (χ4n) is 5.86. The van der Waals surface area contributed by atoms with Gasteiger partial charge in [0.25, 0.3) is 0 Å². The fourth-order valence-corrected chi connectivity index (χ4v) is 5.86. The lowest BCUT2D eigenvalue weighted by Gasteiger charge is -2.41. The van der Waals surface area contributed by atoms with Crippen molar-refractivity contribution >= 4 is 11.7 Å². The van der Waals surface area contributed by atoms with Crippen molar-refractivity contribution in [3.63, 3.8) is 0 Å². The number of hydrogen-bond acceptors (Lipinski definition) is 4. The first-order valence-corrected chi connectivity index (χ1v) is 10.4. The molecule has 0 saturated carbocycles. The van der Waals surface area contributed by atoms with E-state index in [1.54, 1.807) is 0 Å². The lowest BCUT2D eigenvalue weighted by Crippen LogP contribution is -2.50. The maximum absolute atomic E-state index is 12.8. The van der Waals surface area contributed by atoms with E-state index in [9.17, 15) is 4.79 Å². The van der Waals surface area contributed by atoms with E-state index in [2.05, 4.69) is 47.1 Å². The molecule has 0 aliphatic carbocycles. The minimum absolute atomic E-state index is 0.0569. The first-order chi connectivity index (χ1) is 12.7. The van der Waals surface area contributed by atoms with Crippen LogP contribution in [0.15, 0.2) is 30.3 Å². The molecule has 1 aromatic rings. The van der Waals surface area contributed by atoms with Crippen molar-refractivity contribution in [3.05, 3.63) is 30.3 Å². The third kappa shape index (κ3) is 2.83.